The minimum absolute atomic E-state index is 0.144. The molecule has 0 aromatic heterocycles. The standard InChI is InChI=1S/C17H10F6O8S2.C15H12O4/c18-16(19,20)32(24,25)30-11-5-1-3-9-13(11)15(7-28-9)8-29-10-4-2-6-12(14(10)15)31-33(26,27)17(21,22)23;16-9-3-1-5-11-13(9)15(7-18-11)8-19-12-6-2-4-10(17)14(12)15/h1-6H,7-8H2;1-6,16-17H,7-8H2. The third kappa shape index (κ3) is 5.33. The van der Waals surface area contributed by atoms with Crippen LogP contribution in [0.4, 0.5) is 26.3 Å². The lowest BCUT2D eigenvalue weighted by molar-refractivity contribution is -0.0504. The molecule has 0 fully saturated rings. The third-order valence-electron chi connectivity index (χ3n) is 8.76. The Bertz CT molecular complexity index is 2160. The van der Waals surface area contributed by atoms with Gasteiger partial charge in [-0.25, -0.2) is 0 Å². The molecule has 0 aliphatic carbocycles. The van der Waals surface area contributed by atoms with E-state index in [-0.39, 0.29) is 34.1 Å². The molecule has 4 aliphatic rings. The summed E-state index contributed by atoms with van der Waals surface area (Å²) in [6, 6.07) is 16.9. The molecule has 2 N–H and O–H groups in total. The average molecular weight is 777 g/mol. The van der Waals surface area contributed by atoms with Crippen molar-refractivity contribution in [2.75, 3.05) is 26.4 Å². The van der Waals surface area contributed by atoms with E-state index in [2.05, 4.69) is 8.37 Å². The molecule has 4 aromatic rings. The normalized spacial score (nSPS) is 17.3. The molecule has 0 unspecified atom stereocenters. The molecule has 2 spiro atoms. The monoisotopic (exact) mass is 776 g/mol. The first-order chi connectivity index (χ1) is 24.3. The zero-order chi connectivity index (χ0) is 37.5. The van der Waals surface area contributed by atoms with Crippen LogP contribution < -0.4 is 27.3 Å². The highest BCUT2D eigenvalue weighted by molar-refractivity contribution is 7.88. The van der Waals surface area contributed by atoms with Gasteiger partial charge in [0.25, 0.3) is 0 Å². The number of hydrogen-bond acceptors (Lipinski definition) is 12. The predicted molar refractivity (Wildman–Crippen MR) is 164 cm³/mol. The Morgan fingerprint density at radius 1 is 0.500 bits per heavy atom. The zero-order valence-corrected chi connectivity index (χ0v) is 27.5. The Kier molecular flexibility index (Phi) is 7.87. The Labute approximate surface area is 289 Å². The Morgan fingerprint density at radius 3 is 1.12 bits per heavy atom. The third-order valence-corrected chi connectivity index (χ3v) is 10.7. The highest BCUT2D eigenvalue weighted by atomic mass is 32.2. The minimum atomic E-state index is -6.13. The van der Waals surface area contributed by atoms with Crippen molar-refractivity contribution < 1.29 is 80.7 Å². The highest BCUT2D eigenvalue weighted by Gasteiger charge is 2.57. The second-order valence-corrected chi connectivity index (χ2v) is 14.9. The number of ether oxygens (including phenoxy) is 4. The smallest absolute Gasteiger partial charge is 0.507 e. The molecule has 0 saturated heterocycles. The first-order valence-electron chi connectivity index (χ1n) is 14.8. The van der Waals surface area contributed by atoms with Gasteiger partial charge in [0.05, 0.1) is 22.3 Å². The van der Waals surface area contributed by atoms with Crippen molar-refractivity contribution in [2.45, 2.75) is 21.8 Å². The summed E-state index contributed by atoms with van der Waals surface area (Å²) >= 11 is 0. The summed E-state index contributed by atoms with van der Waals surface area (Å²) in [5, 5.41) is 20.3. The molecule has 12 nitrogen and oxygen atoms in total. The van der Waals surface area contributed by atoms with Crippen molar-refractivity contribution in [2.24, 2.45) is 0 Å². The van der Waals surface area contributed by atoms with Gasteiger partial charge in [0, 0.05) is 0 Å². The lowest BCUT2D eigenvalue weighted by Crippen LogP contribution is -2.34. The summed E-state index contributed by atoms with van der Waals surface area (Å²) < 4.78 is 154. The van der Waals surface area contributed by atoms with Gasteiger partial charge in [0.2, 0.25) is 0 Å². The SMILES string of the molecule is O=S(=O)(Oc1cccc2c1C1(CO2)COc2cccc(OS(=O)(=O)C(F)(F)F)c21)C(F)(F)F.Oc1cccc2c1C1(CO2)COc2cccc(O)c21. The molecule has 8 rings (SSSR count). The summed E-state index contributed by atoms with van der Waals surface area (Å²) in [5.74, 6) is -0.284. The average Bonchev–Trinajstić information content (AvgIpc) is 3.83. The number of rotatable bonds is 4. The molecular formula is C32H22F6O12S2. The molecule has 4 aromatic carbocycles. The molecule has 0 atom stereocenters. The van der Waals surface area contributed by atoms with E-state index in [1.807, 2.05) is 12.1 Å². The van der Waals surface area contributed by atoms with Crippen molar-refractivity contribution >= 4 is 20.2 Å². The summed E-state index contributed by atoms with van der Waals surface area (Å²) in [6.45, 7) is -0.169. The van der Waals surface area contributed by atoms with Crippen molar-refractivity contribution in [1.29, 1.82) is 0 Å². The van der Waals surface area contributed by atoms with Crippen LogP contribution in [0.25, 0.3) is 0 Å². The van der Waals surface area contributed by atoms with Crippen LogP contribution in [0, 0.1) is 0 Å². The number of hydrogen-bond donors (Lipinski definition) is 2. The molecular weight excluding hydrogens is 754 g/mol. The van der Waals surface area contributed by atoms with E-state index in [1.165, 1.54) is 12.1 Å². The van der Waals surface area contributed by atoms with Gasteiger partial charge >= 0.3 is 31.3 Å². The number of benzene rings is 4. The van der Waals surface area contributed by atoms with Crippen LogP contribution in [-0.2, 0) is 31.1 Å². The predicted octanol–water partition coefficient (Wildman–Crippen LogP) is 5.38. The lowest BCUT2D eigenvalue weighted by atomic mass is 9.77. The Balaban J connectivity index is 0.000000186. The molecule has 52 heavy (non-hydrogen) atoms. The Morgan fingerprint density at radius 2 is 0.788 bits per heavy atom. The van der Waals surface area contributed by atoms with Gasteiger partial charge in [-0.05, 0) is 48.5 Å². The summed E-state index contributed by atoms with van der Waals surface area (Å²) in [6.07, 6.45) is 0. The van der Waals surface area contributed by atoms with E-state index in [0.717, 1.165) is 24.3 Å². The topological polar surface area (TPSA) is 164 Å². The second-order valence-electron chi connectivity index (χ2n) is 11.8. The fourth-order valence-corrected chi connectivity index (χ4v) is 7.57. The van der Waals surface area contributed by atoms with Crippen molar-refractivity contribution in [3.63, 3.8) is 0 Å². The van der Waals surface area contributed by atoms with E-state index in [9.17, 15) is 53.4 Å². The van der Waals surface area contributed by atoms with E-state index >= 15 is 0 Å². The van der Waals surface area contributed by atoms with E-state index in [4.69, 9.17) is 18.9 Å². The number of phenolic OH excluding ortho intramolecular Hbond substituents is 2. The second kappa shape index (κ2) is 11.6. The van der Waals surface area contributed by atoms with Crippen LogP contribution in [0.2, 0.25) is 0 Å². The molecule has 0 radical (unpaired) electrons. The molecule has 0 saturated carbocycles. The molecule has 276 valence electrons. The van der Waals surface area contributed by atoms with E-state index in [0.29, 0.717) is 35.8 Å². The van der Waals surface area contributed by atoms with Crippen molar-refractivity contribution in [3.8, 4) is 46.0 Å². The van der Waals surface area contributed by atoms with E-state index in [1.54, 1.807) is 24.3 Å². The number of halogens is 6. The quantitative estimate of drug-likeness (QED) is 0.155. The number of fused-ring (bicyclic) bond motifs is 8. The van der Waals surface area contributed by atoms with Crippen LogP contribution in [0.1, 0.15) is 22.3 Å². The first kappa shape index (κ1) is 35.2. The largest absolute Gasteiger partial charge is 0.534 e. The van der Waals surface area contributed by atoms with Gasteiger partial charge in [-0.3, -0.25) is 0 Å². The molecule has 4 heterocycles. The number of alkyl halides is 6. The molecule has 20 heteroatoms. The maximum absolute atomic E-state index is 12.9. The number of aromatic hydroxyl groups is 2. The van der Waals surface area contributed by atoms with Crippen LogP contribution in [0.15, 0.2) is 72.8 Å². The van der Waals surface area contributed by atoms with E-state index < -0.39 is 66.8 Å². The van der Waals surface area contributed by atoms with Gasteiger partial charge in [-0.15, -0.1) is 0 Å². The fourth-order valence-electron chi connectivity index (χ4n) is 6.63. The van der Waals surface area contributed by atoms with Crippen LogP contribution in [0.5, 0.6) is 46.0 Å². The van der Waals surface area contributed by atoms with Crippen molar-refractivity contribution in [3.05, 3.63) is 95.1 Å². The molecule has 0 amide bonds. The maximum Gasteiger partial charge on any atom is 0.534 e. The number of phenols is 2. The first-order valence-corrected chi connectivity index (χ1v) is 17.6. The van der Waals surface area contributed by atoms with Gasteiger partial charge in [-0.2, -0.15) is 43.2 Å². The van der Waals surface area contributed by atoms with Gasteiger partial charge in [0.1, 0.15) is 71.8 Å². The van der Waals surface area contributed by atoms with Gasteiger partial charge < -0.3 is 37.5 Å². The van der Waals surface area contributed by atoms with Crippen molar-refractivity contribution in [1.82, 2.24) is 0 Å². The van der Waals surface area contributed by atoms with Gasteiger partial charge in [0.15, 0.2) is 11.5 Å². The van der Waals surface area contributed by atoms with Crippen LogP contribution in [0.3, 0.4) is 0 Å². The fraction of sp³-hybridized carbons (Fsp3) is 0.250. The lowest BCUT2D eigenvalue weighted by Gasteiger charge is -2.24. The molecule has 0 bridgehead atoms. The summed E-state index contributed by atoms with van der Waals surface area (Å²) in [7, 11) is -12.3. The highest BCUT2D eigenvalue weighted by Crippen LogP contribution is 2.58. The Hall–Kier alpha value is -5.24. The summed E-state index contributed by atoms with van der Waals surface area (Å²) in [5.41, 5.74) is -13.1. The molecule has 4 aliphatic heterocycles. The van der Waals surface area contributed by atoms with Gasteiger partial charge in [-0.1, -0.05) is 24.3 Å². The van der Waals surface area contributed by atoms with Crippen LogP contribution in [-0.4, -0.2) is 64.5 Å². The van der Waals surface area contributed by atoms with Crippen LogP contribution >= 0.6 is 0 Å². The zero-order valence-electron chi connectivity index (χ0n) is 25.8. The minimum Gasteiger partial charge on any atom is -0.507 e. The summed E-state index contributed by atoms with van der Waals surface area (Å²) in [4.78, 5) is 0. The maximum atomic E-state index is 12.9.